The first-order valence-corrected chi connectivity index (χ1v) is 8.25. The van der Waals surface area contributed by atoms with Crippen molar-refractivity contribution in [2.45, 2.75) is 13.1 Å². The van der Waals surface area contributed by atoms with Gasteiger partial charge in [0.25, 0.3) is 5.91 Å². The van der Waals surface area contributed by atoms with Crippen LogP contribution in [0.1, 0.15) is 21.5 Å². The van der Waals surface area contributed by atoms with E-state index in [1.54, 1.807) is 31.3 Å². The minimum Gasteiger partial charge on any atom is -0.496 e. The molecule has 1 heterocycles. The molecule has 1 amide bonds. The van der Waals surface area contributed by atoms with E-state index in [0.717, 1.165) is 11.1 Å². The Morgan fingerprint density at radius 1 is 1.04 bits per heavy atom. The Kier molecular flexibility index (Phi) is 5.53. The third-order valence-corrected chi connectivity index (χ3v) is 4.04. The molecule has 0 radical (unpaired) electrons. The summed E-state index contributed by atoms with van der Waals surface area (Å²) in [5.74, 6) is 1.14. The molecule has 0 atom stereocenters. The van der Waals surface area contributed by atoms with E-state index < -0.39 is 0 Å². The molecule has 0 aliphatic carbocycles. The van der Waals surface area contributed by atoms with Gasteiger partial charge in [-0.15, -0.1) is 0 Å². The lowest BCUT2D eigenvalue weighted by molar-refractivity contribution is 0.0950. The van der Waals surface area contributed by atoms with Crippen molar-refractivity contribution >= 4 is 5.91 Å². The molecular weight excluding hydrogens is 330 g/mol. The molecule has 0 aliphatic heterocycles. The molecular formula is C20H21N3O3. The highest BCUT2D eigenvalue weighted by Gasteiger charge is 2.13. The van der Waals surface area contributed by atoms with Crippen molar-refractivity contribution in [3.63, 3.8) is 0 Å². The van der Waals surface area contributed by atoms with Crippen molar-refractivity contribution in [1.29, 1.82) is 0 Å². The third-order valence-electron chi connectivity index (χ3n) is 4.04. The summed E-state index contributed by atoms with van der Waals surface area (Å²) in [6.07, 6.45) is 3.31. The number of hydrogen-bond donors (Lipinski definition) is 1. The van der Waals surface area contributed by atoms with Crippen LogP contribution in [-0.4, -0.2) is 29.9 Å². The fraction of sp³-hybridized carbons (Fsp3) is 0.200. The number of carbonyl (C=O) groups excluding carboxylic acids is 1. The van der Waals surface area contributed by atoms with Gasteiger partial charge >= 0.3 is 0 Å². The maximum atomic E-state index is 12.4. The molecule has 6 nitrogen and oxygen atoms in total. The van der Waals surface area contributed by atoms with E-state index in [9.17, 15) is 4.79 Å². The predicted octanol–water partition coefficient (Wildman–Crippen LogP) is 2.88. The third kappa shape index (κ3) is 4.03. The van der Waals surface area contributed by atoms with E-state index in [1.807, 2.05) is 48.5 Å². The summed E-state index contributed by atoms with van der Waals surface area (Å²) in [5, 5.41) is 7.15. The van der Waals surface area contributed by atoms with Gasteiger partial charge in [-0.1, -0.05) is 36.4 Å². The zero-order valence-corrected chi connectivity index (χ0v) is 14.8. The van der Waals surface area contributed by atoms with Gasteiger partial charge in [0.2, 0.25) is 0 Å². The molecule has 0 bridgehead atoms. The molecule has 0 fully saturated rings. The maximum absolute atomic E-state index is 12.4. The Morgan fingerprint density at radius 2 is 1.73 bits per heavy atom. The van der Waals surface area contributed by atoms with Gasteiger partial charge in [-0.05, 0) is 17.7 Å². The second kappa shape index (κ2) is 8.20. The number of nitrogens with zero attached hydrogens (tertiary/aromatic N) is 2. The first-order valence-electron chi connectivity index (χ1n) is 8.25. The van der Waals surface area contributed by atoms with E-state index in [2.05, 4.69) is 10.4 Å². The summed E-state index contributed by atoms with van der Waals surface area (Å²) in [5.41, 5.74) is 2.43. The molecule has 134 valence electrons. The fourth-order valence-corrected chi connectivity index (χ4v) is 2.71. The van der Waals surface area contributed by atoms with Crippen LogP contribution >= 0.6 is 0 Å². The molecule has 3 aromatic rings. The van der Waals surface area contributed by atoms with Crippen LogP contribution in [0.4, 0.5) is 0 Å². The maximum Gasteiger partial charge on any atom is 0.254 e. The Bertz CT molecular complexity index is 853. The number of carbonyl (C=O) groups is 1. The van der Waals surface area contributed by atoms with E-state index in [0.29, 0.717) is 30.2 Å². The van der Waals surface area contributed by atoms with E-state index in [4.69, 9.17) is 9.47 Å². The van der Waals surface area contributed by atoms with Crippen LogP contribution in [0.2, 0.25) is 0 Å². The minimum atomic E-state index is -0.197. The van der Waals surface area contributed by atoms with Crippen molar-refractivity contribution in [3.05, 3.63) is 77.6 Å². The Labute approximate surface area is 152 Å². The molecule has 0 aliphatic rings. The lowest BCUT2D eigenvalue weighted by Crippen LogP contribution is -2.23. The normalized spacial score (nSPS) is 10.4. The summed E-state index contributed by atoms with van der Waals surface area (Å²) in [7, 11) is 3.18. The second-order valence-corrected chi connectivity index (χ2v) is 5.74. The SMILES string of the molecule is COc1cccc(OC)c1CNC(=O)c1cnn(Cc2ccccc2)c1. The van der Waals surface area contributed by atoms with Crippen LogP contribution in [0.25, 0.3) is 0 Å². The minimum absolute atomic E-state index is 0.197. The van der Waals surface area contributed by atoms with Gasteiger partial charge in [-0.3, -0.25) is 9.48 Å². The van der Waals surface area contributed by atoms with Crippen molar-refractivity contribution in [2.75, 3.05) is 14.2 Å². The lowest BCUT2D eigenvalue weighted by Gasteiger charge is -2.13. The number of benzene rings is 2. The van der Waals surface area contributed by atoms with Gasteiger partial charge < -0.3 is 14.8 Å². The van der Waals surface area contributed by atoms with Crippen LogP contribution in [0, 0.1) is 0 Å². The summed E-state index contributed by atoms with van der Waals surface area (Å²) in [6, 6.07) is 15.5. The summed E-state index contributed by atoms with van der Waals surface area (Å²) >= 11 is 0. The van der Waals surface area contributed by atoms with Gasteiger partial charge in [0.1, 0.15) is 11.5 Å². The molecule has 6 heteroatoms. The zero-order chi connectivity index (χ0) is 18.4. The molecule has 0 spiro atoms. The summed E-state index contributed by atoms with van der Waals surface area (Å²) in [6.45, 7) is 0.921. The van der Waals surface area contributed by atoms with Crippen LogP contribution in [0.5, 0.6) is 11.5 Å². The zero-order valence-electron chi connectivity index (χ0n) is 14.8. The van der Waals surface area contributed by atoms with Crippen LogP contribution < -0.4 is 14.8 Å². The molecule has 2 aromatic carbocycles. The number of nitrogens with one attached hydrogen (secondary N) is 1. The van der Waals surface area contributed by atoms with Gasteiger partial charge in [0.15, 0.2) is 0 Å². The van der Waals surface area contributed by atoms with Crippen LogP contribution in [0.15, 0.2) is 60.9 Å². The molecule has 0 saturated heterocycles. The fourth-order valence-electron chi connectivity index (χ4n) is 2.71. The summed E-state index contributed by atoms with van der Waals surface area (Å²) in [4.78, 5) is 12.4. The first kappa shape index (κ1) is 17.5. The average Bonchev–Trinajstić information content (AvgIpc) is 3.15. The van der Waals surface area contributed by atoms with Crippen molar-refractivity contribution in [2.24, 2.45) is 0 Å². The Morgan fingerprint density at radius 3 is 2.38 bits per heavy atom. The van der Waals surface area contributed by atoms with Crippen molar-refractivity contribution in [1.82, 2.24) is 15.1 Å². The lowest BCUT2D eigenvalue weighted by atomic mass is 10.1. The highest BCUT2D eigenvalue weighted by atomic mass is 16.5. The largest absolute Gasteiger partial charge is 0.496 e. The molecule has 26 heavy (non-hydrogen) atoms. The Hall–Kier alpha value is -3.28. The molecule has 3 rings (SSSR count). The summed E-state index contributed by atoms with van der Waals surface area (Å²) < 4.78 is 12.4. The first-order chi connectivity index (χ1) is 12.7. The number of amides is 1. The monoisotopic (exact) mass is 351 g/mol. The van der Waals surface area contributed by atoms with Crippen LogP contribution in [0.3, 0.4) is 0 Å². The topological polar surface area (TPSA) is 65.4 Å². The Balaban J connectivity index is 1.66. The molecule has 1 N–H and O–H groups in total. The van der Waals surface area contributed by atoms with Crippen molar-refractivity contribution < 1.29 is 14.3 Å². The van der Waals surface area contributed by atoms with Gasteiger partial charge in [0.05, 0.1) is 44.6 Å². The highest BCUT2D eigenvalue weighted by Crippen LogP contribution is 2.27. The number of hydrogen-bond acceptors (Lipinski definition) is 4. The van der Waals surface area contributed by atoms with E-state index >= 15 is 0 Å². The number of aromatic nitrogens is 2. The molecule has 0 unspecified atom stereocenters. The van der Waals surface area contributed by atoms with E-state index in [-0.39, 0.29) is 5.91 Å². The average molecular weight is 351 g/mol. The standard InChI is InChI=1S/C20H21N3O3/c1-25-18-9-6-10-19(26-2)17(18)12-21-20(24)16-11-22-23(14-16)13-15-7-4-3-5-8-15/h3-11,14H,12-13H2,1-2H3,(H,21,24). The number of rotatable bonds is 7. The van der Waals surface area contributed by atoms with E-state index in [1.165, 1.54) is 0 Å². The van der Waals surface area contributed by atoms with Gasteiger partial charge in [0, 0.05) is 6.20 Å². The second-order valence-electron chi connectivity index (χ2n) is 5.74. The highest BCUT2D eigenvalue weighted by molar-refractivity contribution is 5.93. The van der Waals surface area contributed by atoms with Gasteiger partial charge in [-0.2, -0.15) is 5.10 Å². The quantitative estimate of drug-likeness (QED) is 0.711. The number of methoxy groups -OCH3 is 2. The van der Waals surface area contributed by atoms with Crippen molar-refractivity contribution in [3.8, 4) is 11.5 Å². The van der Waals surface area contributed by atoms with Crippen LogP contribution in [-0.2, 0) is 13.1 Å². The predicted molar refractivity (Wildman–Crippen MR) is 98.5 cm³/mol. The van der Waals surface area contributed by atoms with Gasteiger partial charge in [-0.25, -0.2) is 0 Å². The smallest absolute Gasteiger partial charge is 0.254 e. The molecule has 0 saturated carbocycles. The molecule has 1 aromatic heterocycles. The number of ether oxygens (including phenoxy) is 2.